The molecule has 0 radical (unpaired) electrons. The van der Waals surface area contributed by atoms with Crippen molar-refractivity contribution in [3.8, 4) is 0 Å². The molecule has 0 bridgehead atoms. The average Bonchev–Trinajstić information content (AvgIpc) is 3.14. The number of hydrogen-bond donors (Lipinski definition) is 0. The fourth-order valence-corrected chi connectivity index (χ4v) is 2.46. The third kappa shape index (κ3) is 3.38. The monoisotopic (exact) mass is 335 g/mol. The first-order valence-electron chi connectivity index (χ1n) is 6.30. The second kappa shape index (κ2) is 4.61. The van der Waals surface area contributed by atoms with Gasteiger partial charge in [-0.2, -0.15) is 13.2 Å². The van der Waals surface area contributed by atoms with E-state index < -0.39 is 12.7 Å². The fraction of sp³-hybridized carbons (Fsp3) is 0.667. The molecular formula is C12H13BrF3N3. The standard InChI is InChI=1S/C12H13BrF3N3/c13-9-5-10(18-11(17-9)7-1-2-7)19(8-3-4-8)6-12(14,15)16/h5,7-8H,1-4,6H2. The molecule has 0 amide bonds. The van der Waals surface area contributed by atoms with Gasteiger partial charge in [-0.1, -0.05) is 0 Å². The number of rotatable bonds is 4. The van der Waals surface area contributed by atoms with Crippen molar-refractivity contribution in [2.24, 2.45) is 0 Å². The van der Waals surface area contributed by atoms with Crippen molar-refractivity contribution < 1.29 is 13.2 Å². The molecule has 1 aromatic heterocycles. The molecule has 2 saturated carbocycles. The summed E-state index contributed by atoms with van der Waals surface area (Å²) in [6.45, 7) is -0.939. The lowest BCUT2D eigenvalue weighted by Gasteiger charge is -2.25. The Hall–Kier alpha value is -0.850. The Kier molecular flexibility index (Phi) is 3.19. The number of anilines is 1. The quantitative estimate of drug-likeness (QED) is 0.786. The predicted octanol–water partition coefficient (Wildman–Crippen LogP) is 3.65. The van der Waals surface area contributed by atoms with Crippen LogP contribution in [0, 0.1) is 0 Å². The summed E-state index contributed by atoms with van der Waals surface area (Å²) in [6.07, 6.45) is -0.552. The second-order valence-corrected chi connectivity index (χ2v) is 5.97. The minimum atomic E-state index is -4.21. The Labute approximate surface area is 117 Å². The van der Waals surface area contributed by atoms with Gasteiger partial charge in [-0.25, -0.2) is 9.97 Å². The number of alkyl halides is 3. The summed E-state index contributed by atoms with van der Waals surface area (Å²) in [6, 6.07) is 1.55. The Morgan fingerprint density at radius 3 is 2.42 bits per heavy atom. The lowest BCUT2D eigenvalue weighted by Crippen LogP contribution is -2.36. The van der Waals surface area contributed by atoms with Gasteiger partial charge in [0, 0.05) is 18.0 Å². The average molecular weight is 336 g/mol. The molecule has 0 unspecified atom stereocenters. The molecule has 3 rings (SSSR count). The highest BCUT2D eigenvalue weighted by Gasteiger charge is 2.39. The summed E-state index contributed by atoms with van der Waals surface area (Å²) < 4.78 is 38.5. The van der Waals surface area contributed by atoms with Crippen molar-refractivity contribution in [1.29, 1.82) is 0 Å². The van der Waals surface area contributed by atoms with Crippen LogP contribution in [0.25, 0.3) is 0 Å². The largest absolute Gasteiger partial charge is 0.405 e. The van der Waals surface area contributed by atoms with Gasteiger partial charge in [-0.3, -0.25) is 0 Å². The van der Waals surface area contributed by atoms with Gasteiger partial charge < -0.3 is 4.90 Å². The van der Waals surface area contributed by atoms with Crippen LogP contribution in [0.1, 0.15) is 37.4 Å². The SMILES string of the molecule is FC(F)(F)CN(c1cc(Br)nc(C2CC2)n1)C1CC1. The highest BCUT2D eigenvalue weighted by molar-refractivity contribution is 9.10. The van der Waals surface area contributed by atoms with Crippen LogP contribution in [0.15, 0.2) is 10.7 Å². The van der Waals surface area contributed by atoms with Crippen LogP contribution >= 0.6 is 15.9 Å². The molecule has 2 aliphatic rings. The molecule has 2 fully saturated rings. The highest BCUT2D eigenvalue weighted by Crippen LogP contribution is 2.40. The van der Waals surface area contributed by atoms with Crippen LogP contribution in [-0.4, -0.2) is 28.7 Å². The lowest BCUT2D eigenvalue weighted by atomic mass is 10.3. The Morgan fingerprint density at radius 1 is 1.21 bits per heavy atom. The lowest BCUT2D eigenvalue weighted by molar-refractivity contribution is -0.120. The Morgan fingerprint density at radius 2 is 1.89 bits per heavy atom. The predicted molar refractivity (Wildman–Crippen MR) is 68.1 cm³/mol. The Bertz CT molecular complexity index is 484. The van der Waals surface area contributed by atoms with Gasteiger partial charge in [0.1, 0.15) is 22.8 Å². The van der Waals surface area contributed by atoms with Crippen molar-refractivity contribution in [3.63, 3.8) is 0 Å². The number of aromatic nitrogens is 2. The first-order chi connectivity index (χ1) is 8.92. The van der Waals surface area contributed by atoms with E-state index >= 15 is 0 Å². The molecule has 0 saturated heterocycles. The van der Waals surface area contributed by atoms with Crippen LogP contribution < -0.4 is 4.90 Å². The first kappa shape index (κ1) is 13.1. The summed E-state index contributed by atoms with van der Waals surface area (Å²) in [5, 5.41) is 0. The van der Waals surface area contributed by atoms with Gasteiger partial charge >= 0.3 is 6.18 Å². The molecule has 7 heteroatoms. The molecule has 0 spiro atoms. The van der Waals surface area contributed by atoms with E-state index in [1.165, 1.54) is 4.90 Å². The third-order valence-corrected chi connectivity index (χ3v) is 3.68. The fourth-order valence-electron chi connectivity index (χ4n) is 2.07. The molecule has 3 nitrogen and oxygen atoms in total. The molecule has 1 aromatic rings. The van der Waals surface area contributed by atoms with Crippen LogP contribution in [0.3, 0.4) is 0 Å². The summed E-state index contributed by atoms with van der Waals surface area (Å²) in [5.41, 5.74) is 0. The maximum absolute atomic E-state index is 12.7. The van der Waals surface area contributed by atoms with Crippen molar-refractivity contribution in [2.75, 3.05) is 11.4 Å². The van der Waals surface area contributed by atoms with Crippen LogP contribution in [0.5, 0.6) is 0 Å². The van der Waals surface area contributed by atoms with Crippen LogP contribution in [-0.2, 0) is 0 Å². The molecule has 0 aromatic carbocycles. The topological polar surface area (TPSA) is 29.0 Å². The zero-order chi connectivity index (χ0) is 13.6. The van der Waals surface area contributed by atoms with E-state index in [9.17, 15) is 13.2 Å². The minimum absolute atomic E-state index is 0.0320. The number of hydrogen-bond acceptors (Lipinski definition) is 3. The van der Waals surface area contributed by atoms with Gasteiger partial charge in [-0.05, 0) is 41.6 Å². The molecule has 104 valence electrons. The van der Waals surface area contributed by atoms with E-state index in [4.69, 9.17) is 0 Å². The van der Waals surface area contributed by atoms with Crippen molar-refractivity contribution in [1.82, 2.24) is 9.97 Å². The van der Waals surface area contributed by atoms with Crippen LogP contribution in [0.4, 0.5) is 19.0 Å². The third-order valence-electron chi connectivity index (χ3n) is 3.27. The summed E-state index contributed by atoms with van der Waals surface area (Å²) in [5.74, 6) is 1.38. The Balaban J connectivity index is 1.88. The van der Waals surface area contributed by atoms with E-state index in [0.717, 1.165) is 25.7 Å². The molecule has 1 heterocycles. The molecule has 0 aliphatic heterocycles. The first-order valence-corrected chi connectivity index (χ1v) is 7.09. The smallest absolute Gasteiger partial charge is 0.344 e. The molecule has 0 atom stereocenters. The van der Waals surface area contributed by atoms with Gasteiger partial charge in [0.25, 0.3) is 0 Å². The number of halogens is 4. The van der Waals surface area contributed by atoms with E-state index in [-0.39, 0.29) is 6.04 Å². The van der Waals surface area contributed by atoms with Gasteiger partial charge in [0.15, 0.2) is 0 Å². The molecule has 0 N–H and O–H groups in total. The van der Waals surface area contributed by atoms with E-state index in [2.05, 4.69) is 25.9 Å². The van der Waals surface area contributed by atoms with Gasteiger partial charge in [0.2, 0.25) is 0 Å². The van der Waals surface area contributed by atoms with E-state index in [1.807, 2.05) is 0 Å². The maximum Gasteiger partial charge on any atom is 0.405 e. The second-order valence-electron chi connectivity index (χ2n) is 5.16. The molecule has 19 heavy (non-hydrogen) atoms. The zero-order valence-corrected chi connectivity index (χ0v) is 11.7. The normalized spacial score (nSPS) is 19.6. The molecular weight excluding hydrogens is 323 g/mol. The van der Waals surface area contributed by atoms with Gasteiger partial charge in [0.05, 0.1) is 0 Å². The van der Waals surface area contributed by atoms with E-state index in [0.29, 0.717) is 22.2 Å². The van der Waals surface area contributed by atoms with Crippen molar-refractivity contribution >= 4 is 21.7 Å². The van der Waals surface area contributed by atoms with Crippen molar-refractivity contribution in [3.05, 3.63) is 16.5 Å². The summed E-state index contributed by atoms with van der Waals surface area (Å²) in [7, 11) is 0. The van der Waals surface area contributed by atoms with Crippen LogP contribution in [0.2, 0.25) is 0 Å². The van der Waals surface area contributed by atoms with E-state index in [1.54, 1.807) is 6.07 Å². The maximum atomic E-state index is 12.7. The summed E-state index contributed by atoms with van der Waals surface area (Å²) >= 11 is 3.27. The zero-order valence-electron chi connectivity index (χ0n) is 10.1. The number of nitrogens with zero attached hydrogens (tertiary/aromatic N) is 3. The molecule has 2 aliphatic carbocycles. The van der Waals surface area contributed by atoms with Crippen molar-refractivity contribution in [2.45, 2.75) is 43.8 Å². The highest BCUT2D eigenvalue weighted by atomic mass is 79.9. The summed E-state index contributed by atoms with van der Waals surface area (Å²) in [4.78, 5) is 9.94. The minimum Gasteiger partial charge on any atom is -0.344 e. The van der Waals surface area contributed by atoms with Gasteiger partial charge in [-0.15, -0.1) is 0 Å².